The number of carbonyl (C=O) groups is 1. The van der Waals surface area contributed by atoms with Gasteiger partial charge in [0.15, 0.2) is 0 Å². The molecule has 0 saturated carbocycles. The zero-order chi connectivity index (χ0) is 18.7. The van der Waals surface area contributed by atoms with E-state index < -0.39 is 42.7 Å². The second-order valence-corrected chi connectivity index (χ2v) is 6.18. The van der Waals surface area contributed by atoms with Gasteiger partial charge in [-0.2, -0.15) is 26.3 Å². The summed E-state index contributed by atoms with van der Waals surface area (Å²) in [4.78, 5) is 11.1. The van der Waals surface area contributed by atoms with Crippen LogP contribution in [0, 0.1) is 5.92 Å². The highest BCUT2D eigenvalue weighted by Gasteiger charge is 2.45. The number of halogens is 7. The van der Waals surface area contributed by atoms with Crippen LogP contribution in [0.3, 0.4) is 0 Å². The fourth-order valence-corrected chi connectivity index (χ4v) is 2.23. The van der Waals surface area contributed by atoms with Gasteiger partial charge in [0.1, 0.15) is 12.1 Å². The Kier molecular flexibility index (Phi) is 6.68. The van der Waals surface area contributed by atoms with E-state index in [1.165, 1.54) is 12.1 Å². The number of rotatable bonds is 6. The number of hydrogen-bond donors (Lipinski definition) is 2. The molecule has 0 aliphatic carbocycles. The van der Waals surface area contributed by atoms with Crippen molar-refractivity contribution in [2.45, 2.75) is 37.8 Å². The van der Waals surface area contributed by atoms with Crippen LogP contribution in [0.2, 0.25) is 0 Å². The number of benzene rings is 1. The summed E-state index contributed by atoms with van der Waals surface area (Å²) in [5.74, 6) is -3.85. The summed E-state index contributed by atoms with van der Waals surface area (Å²) in [7, 11) is 0. The van der Waals surface area contributed by atoms with Gasteiger partial charge in [-0.15, -0.1) is 0 Å². The largest absolute Gasteiger partial charge is 0.480 e. The fraction of sp³-hybridized carbons (Fsp3) is 0.500. The van der Waals surface area contributed by atoms with E-state index in [4.69, 9.17) is 5.11 Å². The van der Waals surface area contributed by atoms with Crippen molar-refractivity contribution >= 4 is 21.9 Å². The quantitative estimate of drug-likeness (QED) is 0.655. The molecule has 0 aromatic heterocycles. The topological polar surface area (TPSA) is 49.3 Å². The maximum Gasteiger partial charge on any atom is 0.407 e. The molecule has 0 fully saturated rings. The summed E-state index contributed by atoms with van der Waals surface area (Å²) in [5, 5.41) is 10.8. The molecule has 0 amide bonds. The third-order valence-corrected chi connectivity index (χ3v) is 3.87. The molecule has 3 nitrogen and oxygen atoms in total. The molecule has 24 heavy (non-hydrogen) atoms. The number of carboxylic acids is 1. The van der Waals surface area contributed by atoms with E-state index in [0.717, 1.165) is 19.1 Å². The molecule has 0 aliphatic rings. The molecule has 1 aromatic rings. The van der Waals surface area contributed by atoms with E-state index in [9.17, 15) is 31.1 Å². The van der Waals surface area contributed by atoms with Crippen LogP contribution in [0.25, 0.3) is 0 Å². The normalized spacial score (nSPS) is 16.5. The molecular weight excluding hydrogens is 408 g/mol. The summed E-state index contributed by atoms with van der Waals surface area (Å²) >= 11 is 3.05. The van der Waals surface area contributed by atoms with Crippen LogP contribution < -0.4 is 5.32 Å². The maximum atomic E-state index is 13.2. The minimum Gasteiger partial charge on any atom is -0.480 e. The molecule has 10 heteroatoms. The Morgan fingerprint density at radius 2 is 1.62 bits per heavy atom. The number of carboxylic acid groups (broad SMARTS) is 1. The van der Waals surface area contributed by atoms with Gasteiger partial charge in [-0.25, -0.2) is 0 Å². The van der Waals surface area contributed by atoms with Gasteiger partial charge in [-0.1, -0.05) is 35.0 Å². The van der Waals surface area contributed by atoms with Crippen molar-refractivity contribution in [2.24, 2.45) is 5.92 Å². The zero-order valence-corrected chi connectivity index (χ0v) is 13.8. The van der Waals surface area contributed by atoms with Gasteiger partial charge in [0.25, 0.3) is 0 Å². The molecule has 2 N–H and O–H groups in total. The van der Waals surface area contributed by atoms with Crippen LogP contribution in [0.15, 0.2) is 28.7 Å². The average molecular weight is 422 g/mol. The Hall–Kier alpha value is -1.29. The molecule has 0 heterocycles. The van der Waals surface area contributed by atoms with Crippen molar-refractivity contribution in [3.05, 3.63) is 34.3 Å². The van der Waals surface area contributed by atoms with E-state index in [0.29, 0.717) is 4.47 Å². The Bertz CT molecular complexity index is 558. The molecule has 1 aromatic carbocycles. The lowest BCUT2D eigenvalue weighted by molar-refractivity contribution is -0.178. The third kappa shape index (κ3) is 5.97. The van der Waals surface area contributed by atoms with Crippen molar-refractivity contribution in [1.29, 1.82) is 0 Å². The molecule has 0 aliphatic heterocycles. The highest BCUT2D eigenvalue weighted by molar-refractivity contribution is 9.10. The van der Waals surface area contributed by atoms with Crippen molar-refractivity contribution in [1.82, 2.24) is 5.32 Å². The first-order valence-electron chi connectivity index (χ1n) is 6.70. The standard InChI is InChI=1S/C14H14BrF6NO2/c1-7(13(16,17)18)6-10(12(23)24)22-11(14(19,20)21)8-2-4-9(15)5-3-8/h2-5,7,10-11,22H,6H2,1H3,(H,23,24)/t7?,10-,11-/m0/s1. The lowest BCUT2D eigenvalue weighted by atomic mass is 9.98. The number of aliphatic carboxylic acids is 1. The third-order valence-electron chi connectivity index (χ3n) is 3.34. The second kappa shape index (κ2) is 7.73. The molecule has 1 unspecified atom stereocenters. The second-order valence-electron chi connectivity index (χ2n) is 5.26. The minimum atomic E-state index is -4.87. The van der Waals surface area contributed by atoms with Crippen LogP contribution >= 0.6 is 15.9 Å². The highest BCUT2D eigenvalue weighted by atomic mass is 79.9. The highest BCUT2D eigenvalue weighted by Crippen LogP contribution is 2.35. The Morgan fingerprint density at radius 1 is 1.12 bits per heavy atom. The predicted octanol–water partition coefficient (Wildman–Crippen LogP) is 4.68. The maximum absolute atomic E-state index is 13.2. The summed E-state index contributed by atoms with van der Waals surface area (Å²) < 4.78 is 77.8. The lowest BCUT2D eigenvalue weighted by Gasteiger charge is -2.27. The van der Waals surface area contributed by atoms with Crippen LogP contribution in [-0.2, 0) is 4.79 Å². The van der Waals surface area contributed by atoms with Crippen molar-refractivity contribution in [3.8, 4) is 0 Å². The number of nitrogens with one attached hydrogen (secondary N) is 1. The lowest BCUT2D eigenvalue weighted by Crippen LogP contribution is -2.46. The van der Waals surface area contributed by atoms with Crippen LogP contribution in [0.1, 0.15) is 24.9 Å². The SMILES string of the molecule is CC(C[C@H](N[C@@H](c1ccc(Br)cc1)C(F)(F)F)C(=O)O)C(F)(F)F. The van der Waals surface area contributed by atoms with Gasteiger partial charge >= 0.3 is 18.3 Å². The van der Waals surface area contributed by atoms with E-state index in [2.05, 4.69) is 15.9 Å². The number of alkyl halides is 6. The fourth-order valence-electron chi connectivity index (χ4n) is 1.96. The monoisotopic (exact) mass is 421 g/mol. The average Bonchev–Trinajstić information content (AvgIpc) is 2.41. The molecule has 0 spiro atoms. The molecule has 3 atom stereocenters. The van der Waals surface area contributed by atoms with Gasteiger partial charge in [0.2, 0.25) is 0 Å². The van der Waals surface area contributed by atoms with E-state index in [1.54, 1.807) is 5.32 Å². The van der Waals surface area contributed by atoms with E-state index in [1.807, 2.05) is 0 Å². The van der Waals surface area contributed by atoms with Crippen LogP contribution in [-0.4, -0.2) is 29.5 Å². The molecule has 0 bridgehead atoms. The van der Waals surface area contributed by atoms with Gasteiger partial charge in [-0.3, -0.25) is 10.1 Å². The van der Waals surface area contributed by atoms with Crippen LogP contribution in [0.5, 0.6) is 0 Å². The van der Waals surface area contributed by atoms with Gasteiger partial charge in [0.05, 0.1) is 5.92 Å². The van der Waals surface area contributed by atoms with Crippen molar-refractivity contribution in [2.75, 3.05) is 0 Å². The summed E-state index contributed by atoms with van der Waals surface area (Å²) in [6.45, 7) is 0.722. The summed E-state index contributed by atoms with van der Waals surface area (Å²) in [5.41, 5.74) is -0.295. The van der Waals surface area contributed by atoms with Crippen molar-refractivity contribution in [3.63, 3.8) is 0 Å². The Morgan fingerprint density at radius 3 is 2.00 bits per heavy atom. The molecule has 0 saturated heterocycles. The molecular formula is C14H14BrF6NO2. The summed E-state index contributed by atoms with van der Waals surface area (Å²) in [6, 6.07) is 0.472. The first-order valence-corrected chi connectivity index (χ1v) is 7.49. The van der Waals surface area contributed by atoms with E-state index in [-0.39, 0.29) is 5.56 Å². The minimum absolute atomic E-state index is 0.295. The molecule has 1 rings (SSSR count). The zero-order valence-electron chi connectivity index (χ0n) is 12.2. The molecule has 0 radical (unpaired) electrons. The van der Waals surface area contributed by atoms with Crippen LogP contribution in [0.4, 0.5) is 26.3 Å². The predicted molar refractivity (Wildman–Crippen MR) is 77.3 cm³/mol. The summed E-state index contributed by atoms with van der Waals surface area (Å²) in [6.07, 6.45) is -10.6. The first-order chi connectivity index (χ1) is 10.8. The Balaban J connectivity index is 3.05. The van der Waals surface area contributed by atoms with Gasteiger partial charge in [0, 0.05) is 4.47 Å². The first kappa shape index (κ1) is 20.8. The van der Waals surface area contributed by atoms with Crippen molar-refractivity contribution < 1.29 is 36.2 Å². The number of hydrogen-bond acceptors (Lipinski definition) is 2. The van der Waals surface area contributed by atoms with Gasteiger partial charge in [-0.05, 0) is 24.1 Å². The van der Waals surface area contributed by atoms with Gasteiger partial charge < -0.3 is 5.11 Å². The smallest absolute Gasteiger partial charge is 0.407 e. The molecule has 136 valence electrons. The Labute approximate surface area is 142 Å². The van der Waals surface area contributed by atoms with E-state index >= 15 is 0 Å².